The summed E-state index contributed by atoms with van der Waals surface area (Å²) in [4.78, 5) is 13.1. The summed E-state index contributed by atoms with van der Waals surface area (Å²) in [5.41, 5.74) is 1.26. The maximum Gasteiger partial charge on any atom is 0.143 e. The first kappa shape index (κ1) is 14.6. The summed E-state index contributed by atoms with van der Waals surface area (Å²) in [6.45, 7) is 2.09. The fourth-order valence-electron chi connectivity index (χ4n) is 2.78. The maximum absolute atomic E-state index is 11.9. The van der Waals surface area contributed by atoms with Crippen molar-refractivity contribution in [2.24, 2.45) is 5.92 Å². The maximum atomic E-state index is 11.9. The fourth-order valence-corrected chi connectivity index (χ4v) is 3.70. The SMILES string of the molecule is Cc1cccc(SCC(=O)CCC2CCCCC2)c1. The third kappa shape index (κ3) is 5.40. The highest BCUT2D eigenvalue weighted by atomic mass is 32.2. The average Bonchev–Trinajstić information content (AvgIpc) is 2.44. The van der Waals surface area contributed by atoms with E-state index in [1.165, 1.54) is 42.6 Å². The molecule has 2 rings (SSSR count). The molecule has 1 aromatic rings. The van der Waals surface area contributed by atoms with E-state index in [9.17, 15) is 4.79 Å². The summed E-state index contributed by atoms with van der Waals surface area (Å²) < 4.78 is 0. The lowest BCUT2D eigenvalue weighted by molar-refractivity contribution is -0.116. The molecule has 0 saturated heterocycles. The van der Waals surface area contributed by atoms with Gasteiger partial charge in [-0.25, -0.2) is 0 Å². The number of carbonyl (C=O) groups is 1. The lowest BCUT2D eigenvalue weighted by atomic mass is 9.86. The number of thioether (sulfide) groups is 1. The van der Waals surface area contributed by atoms with Crippen LogP contribution in [0, 0.1) is 12.8 Å². The zero-order chi connectivity index (χ0) is 13.5. The van der Waals surface area contributed by atoms with E-state index in [1.807, 2.05) is 0 Å². The number of hydrogen-bond donors (Lipinski definition) is 0. The number of rotatable bonds is 6. The average molecular weight is 276 g/mol. The third-order valence-corrected chi connectivity index (χ3v) is 5.00. The van der Waals surface area contributed by atoms with Gasteiger partial charge in [0, 0.05) is 11.3 Å². The van der Waals surface area contributed by atoms with E-state index < -0.39 is 0 Å². The van der Waals surface area contributed by atoms with Gasteiger partial charge in [0.2, 0.25) is 0 Å². The molecule has 1 aliphatic carbocycles. The van der Waals surface area contributed by atoms with E-state index in [4.69, 9.17) is 0 Å². The van der Waals surface area contributed by atoms with Crippen molar-refractivity contribution in [3.63, 3.8) is 0 Å². The van der Waals surface area contributed by atoms with Crippen molar-refractivity contribution in [2.45, 2.75) is 56.8 Å². The molecule has 1 saturated carbocycles. The van der Waals surface area contributed by atoms with Crippen LogP contribution < -0.4 is 0 Å². The van der Waals surface area contributed by atoms with Crippen LogP contribution in [0.1, 0.15) is 50.5 Å². The zero-order valence-electron chi connectivity index (χ0n) is 11.9. The van der Waals surface area contributed by atoms with Gasteiger partial charge in [-0.15, -0.1) is 11.8 Å². The summed E-state index contributed by atoms with van der Waals surface area (Å²) in [7, 11) is 0. The molecular weight excluding hydrogens is 252 g/mol. The van der Waals surface area contributed by atoms with Gasteiger partial charge in [0.1, 0.15) is 5.78 Å². The highest BCUT2D eigenvalue weighted by Crippen LogP contribution is 2.28. The van der Waals surface area contributed by atoms with Gasteiger partial charge < -0.3 is 0 Å². The van der Waals surface area contributed by atoms with E-state index in [0.717, 1.165) is 18.8 Å². The van der Waals surface area contributed by atoms with Gasteiger partial charge in [0.15, 0.2) is 0 Å². The molecule has 0 spiro atoms. The second-order valence-corrected chi connectivity index (χ2v) is 6.74. The van der Waals surface area contributed by atoms with Crippen LogP contribution in [0.15, 0.2) is 29.2 Å². The number of benzene rings is 1. The van der Waals surface area contributed by atoms with Crippen molar-refractivity contribution in [1.29, 1.82) is 0 Å². The predicted molar refractivity (Wildman–Crippen MR) is 82.7 cm³/mol. The number of hydrogen-bond acceptors (Lipinski definition) is 2. The Morgan fingerprint density at radius 1 is 1.26 bits per heavy atom. The Bertz CT molecular complexity index is 407. The highest BCUT2D eigenvalue weighted by Gasteiger charge is 2.14. The Morgan fingerprint density at radius 2 is 2.05 bits per heavy atom. The van der Waals surface area contributed by atoms with Gasteiger partial charge in [-0.05, 0) is 31.4 Å². The largest absolute Gasteiger partial charge is 0.299 e. The topological polar surface area (TPSA) is 17.1 Å². The summed E-state index contributed by atoms with van der Waals surface area (Å²) in [5.74, 6) is 1.87. The van der Waals surface area contributed by atoms with Gasteiger partial charge in [-0.3, -0.25) is 4.79 Å². The Balaban J connectivity index is 1.66. The lowest BCUT2D eigenvalue weighted by Crippen LogP contribution is -2.10. The van der Waals surface area contributed by atoms with Crippen molar-refractivity contribution < 1.29 is 4.79 Å². The summed E-state index contributed by atoms with van der Waals surface area (Å²) >= 11 is 1.68. The minimum atomic E-state index is 0.414. The zero-order valence-corrected chi connectivity index (χ0v) is 12.7. The number of ketones is 1. The normalized spacial score (nSPS) is 16.5. The molecule has 0 aromatic heterocycles. The van der Waals surface area contributed by atoms with E-state index >= 15 is 0 Å². The van der Waals surface area contributed by atoms with Crippen molar-refractivity contribution >= 4 is 17.5 Å². The second-order valence-electron chi connectivity index (χ2n) is 5.69. The monoisotopic (exact) mass is 276 g/mol. The molecule has 0 heterocycles. The van der Waals surface area contributed by atoms with Crippen molar-refractivity contribution in [3.05, 3.63) is 29.8 Å². The quantitative estimate of drug-likeness (QED) is 0.679. The standard InChI is InChI=1S/C17H24OS/c1-14-6-5-9-17(12-14)19-13-16(18)11-10-15-7-3-2-4-8-15/h5-6,9,12,15H,2-4,7-8,10-11,13H2,1H3. The van der Waals surface area contributed by atoms with Crippen molar-refractivity contribution in [3.8, 4) is 0 Å². The molecule has 1 fully saturated rings. The van der Waals surface area contributed by atoms with Crippen LogP contribution in [0.4, 0.5) is 0 Å². The molecule has 0 unspecified atom stereocenters. The molecule has 2 heteroatoms. The minimum absolute atomic E-state index is 0.414. The van der Waals surface area contributed by atoms with Crippen LogP contribution in [0.2, 0.25) is 0 Å². The van der Waals surface area contributed by atoms with Crippen LogP contribution in [-0.2, 0) is 4.79 Å². The summed E-state index contributed by atoms with van der Waals surface area (Å²) in [6.07, 6.45) is 8.73. The van der Waals surface area contributed by atoms with Gasteiger partial charge in [-0.2, -0.15) is 0 Å². The van der Waals surface area contributed by atoms with Crippen LogP contribution in [-0.4, -0.2) is 11.5 Å². The Kier molecular flexibility index (Phi) is 5.96. The Morgan fingerprint density at radius 3 is 2.79 bits per heavy atom. The second kappa shape index (κ2) is 7.74. The molecule has 0 amide bonds. The number of aryl methyl sites for hydroxylation is 1. The van der Waals surface area contributed by atoms with E-state index in [-0.39, 0.29) is 0 Å². The smallest absolute Gasteiger partial charge is 0.143 e. The van der Waals surface area contributed by atoms with E-state index in [2.05, 4.69) is 31.2 Å². The van der Waals surface area contributed by atoms with Gasteiger partial charge in [-0.1, -0.05) is 49.8 Å². The van der Waals surface area contributed by atoms with Crippen LogP contribution in [0.25, 0.3) is 0 Å². The molecule has 19 heavy (non-hydrogen) atoms. The van der Waals surface area contributed by atoms with Crippen LogP contribution >= 0.6 is 11.8 Å². The molecule has 0 atom stereocenters. The van der Waals surface area contributed by atoms with Crippen molar-refractivity contribution in [2.75, 3.05) is 5.75 Å². The number of carbonyl (C=O) groups excluding carboxylic acids is 1. The Labute approximate surface area is 121 Å². The first-order chi connectivity index (χ1) is 9.24. The van der Waals surface area contributed by atoms with E-state index in [1.54, 1.807) is 11.8 Å². The van der Waals surface area contributed by atoms with E-state index in [0.29, 0.717) is 11.5 Å². The van der Waals surface area contributed by atoms with Crippen LogP contribution in [0.3, 0.4) is 0 Å². The molecule has 0 N–H and O–H groups in total. The molecule has 0 radical (unpaired) electrons. The predicted octanol–water partition coefficient (Wildman–Crippen LogP) is 5.02. The first-order valence-electron chi connectivity index (χ1n) is 7.45. The fraction of sp³-hybridized carbons (Fsp3) is 0.588. The Hall–Kier alpha value is -0.760. The first-order valence-corrected chi connectivity index (χ1v) is 8.44. The van der Waals surface area contributed by atoms with Gasteiger partial charge in [0.05, 0.1) is 5.75 Å². The third-order valence-electron chi connectivity index (χ3n) is 3.95. The molecule has 0 bridgehead atoms. The molecule has 1 aliphatic rings. The molecule has 1 aromatic carbocycles. The summed E-state index contributed by atoms with van der Waals surface area (Å²) in [6, 6.07) is 8.39. The minimum Gasteiger partial charge on any atom is -0.299 e. The molecule has 0 aliphatic heterocycles. The van der Waals surface area contributed by atoms with Gasteiger partial charge >= 0.3 is 0 Å². The van der Waals surface area contributed by atoms with Gasteiger partial charge in [0.25, 0.3) is 0 Å². The van der Waals surface area contributed by atoms with Crippen LogP contribution in [0.5, 0.6) is 0 Å². The highest BCUT2D eigenvalue weighted by molar-refractivity contribution is 8.00. The number of Topliss-reactive ketones (excluding diaryl/α,β-unsaturated/α-hetero) is 1. The summed E-state index contributed by atoms with van der Waals surface area (Å²) in [5, 5.41) is 0. The lowest BCUT2D eigenvalue weighted by Gasteiger charge is -2.20. The molecule has 104 valence electrons. The van der Waals surface area contributed by atoms with Crippen molar-refractivity contribution in [1.82, 2.24) is 0 Å². The molecular formula is C17H24OS. The molecule has 1 nitrogen and oxygen atoms in total.